The SMILES string of the molecule is Cc1[nH]c(=S)sc1CC(=O)NCC1(C2CC2)CC1. The Morgan fingerprint density at radius 3 is 2.78 bits per heavy atom. The van der Waals surface area contributed by atoms with Gasteiger partial charge in [-0.15, -0.1) is 11.3 Å². The largest absolute Gasteiger partial charge is 0.355 e. The van der Waals surface area contributed by atoms with E-state index < -0.39 is 0 Å². The molecule has 2 aliphatic rings. The van der Waals surface area contributed by atoms with Gasteiger partial charge in [-0.05, 0) is 56.2 Å². The molecule has 0 radical (unpaired) electrons. The van der Waals surface area contributed by atoms with Gasteiger partial charge in [0.15, 0.2) is 3.95 Å². The molecule has 2 aliphatic carbocycles. The van der Waals surface area contributed by atoms with E-state index in [9.17, 15) is 4.79 Å². The fraction of sp³-hybridized carbons (Fsp3) is 0.692. The molecule has 0 bridgehead atoms. The van der Waals surface area contributed by atoms with Gasteiger partial charge >= 0.3 is 0 Å². The number of amides is 1. The number of carbonyl (C=O) groups excluding carboxylic acids is 1. The van der Waals surface area contributed by atoms with Crippen molar-refractivity contribution in [3.63, 3.8) is 0 Å². The van der Waals surface area contributed by atoms with Crippen LogP contribution < -0.4 is 5.32 Å². The van der Waals surface area contributed by atoms with Gasteiger partial charge in [-0.2, -0.15) is 0 Å². The molecule has 0 aliphatic heterocycles. The highest BCUT2D eigenvalue weighted by Gasteiger charge is 2.53. The van der Waals surface area contributed by atoms with Crippen molar-refractivity contribution in [1.29, 1.82) is 0 Å². The highest BCUT2D eigenvalue weighted by atomic mass is 32.1. The van der Waals surface area contributed by atoms with Crippen molar-refractivity contribution in [2.24, 2.45) is 11.3 Å². The Hall–Kier alpha value is -0.680. The molecule has 0 atom stereocenters. The van der Waals surface area contributed by atoms with Crippen LogP contribution in [0.5, 0.6) is 0 Å². The molecular weight excluding hydrogens is 264 g/mol. The lowest BCUT2D eigenvalue weighted by atomic mass is 10.0. The average Bonchev–Trinajstić information content (AvgIpc) is 3.18. The number of hydrogen-bond acceptors (Lipinski definition) is 3. The van der Waals surface area contributed by atoms with Crippen LogP contribution in [-0.4, -0.2) is 17.4 Å². The van der Waals surface area contributed by atoms with Crippen LogP contribution in [0, 0.1) is 22.2 Å². The van der Waals surface area contributed by atoms with Gasteiger partial charge in [-0.1, -0.05) is 0 Å². The van der Waals surface area contributed by atoms with E-state index in [0.29, 0.717) is 11.8 Å². The molecule has 3 nitrogen and oxygen atoms in total. The van der Waals surface area contributed by atoms with Crippen LogP contribution in [0.25, 0.3) is 0 Å². The van der Waals surface area contributed by atoms with Crippen LogP contribution in [0.2, 0.25) is 0 Å². The van der Waals surface area contributed by atoms with Crippen LogP contribution in [0.4, 0.5) is 0 Å². The third-order valence-electron chi connectivity index (χ3n) is 4.22. The van der Waals surface area contributed by atoms with Crippen molar-refractivity contribution in [3.05, 3.63) is 14.5 Å². The van der Waals surface area contributed by atoms with Crippen LogP contribution in [0.3, 0.4) is 0 Å². The standard InChI is InChI=1S/C13H18N2OS2/c1-8-10(18-12(17)15-8)6-11(16)14-7-13(4-5-13)9-2-3-9/h9H,2-7H2,1H3,(H,14,16)(H,15,17). The van der Waals surface area contributed by atoms with Gasteiger partial charge in [0.25, 0.3) is 0 Å². The predicted molar refractivity (Wildman–Crippen MR) is 75.3 cm³/mol. The second-order valence-electron chi connectivity index (χ2n) is 5.65. The van der Waals surface area contributed by atoms with Crippen LogP contribution in [0.15, 0.2) is 0 Å². The van der Waals surface area contributed by atoms with E-state index in [1.165, 1.54) is 37.0 Å². The number of aromatic amines is 1. The van der Waals surface area contributed by atoms with E-state index >= 15 is 0 Å². The maximum Gasteiger partial charge on any atom is 0.225 e. The minimum atomic E-state index is 0.135. The minimum Gasteiger partial charge on any atom is -0.355 e. The fourth-order valence-electron chi connectivity index (χ4n) is 2.67. The lowest BCUT2D eigenvalue weighted by molar-refractivity contribution is -0.120. The lowest BCUT2D eigenvalue weighted by Gasteiger charge is -2.14. The number of rotatable bonds is 5. The van der Waals surface area contributed by atoms with Crippen molar-refractivity contribution in [2.75, 3.05) is 6.54 Å². The molecule has 98 valence electrons. The summed E-state index contributed by atoms with van der Waals surface area (Å²) in [6.45, 7) is 2.85. The monoisotopic (exact) mass is 282 g/mol. The quantitative estimate of drug-likeness (QED) is 0.816. The Balaban J connectivity index is 1.53. The van der Waals surface area contributed by atoms with E-state index in [1.807, 2.05) is 6.92 Å². The van der Waals surface area contributed by atoms with E-state index in [0.717, 1.165) is 27.0 Å². The first-order chi connectivity index (χ1) is 8.59. The molecule has 1 aromatic rings. The van der Waals surface area contributed by atoms with Crippen molar-refractivity contribution < 1.29 is 4.79 Å². The molecular formula is C13H18N2OS2. The molecule has 5 heteroatoms. The first-order valence-electron chi connectivity index (χ1n) is 6.54. The molecule has 1 aromatic heterocycles. The zero-order chi connectivity index (χ0) is 12.8. The molecule has 0 spiro atoms. The Morgan fingerprint density at radius 2 is 2.28 bits per heavy atom. The Kier molecular flexibility index (Phi) is 3.06. The lowest BCUT2D eigenvalue weighted by Crippen LogP contribution is -2.32. The maximum absolute atomic E-state index is 11.9. The predicted octanol–water partition coefficient (Wildman–Crippen LogP) is 2.96. The highest BCUT2D eigenvalue weighted by molar-refractivity contribution is 7.73. The van der Waals surface area contributed by atoms with E-state index in [1.54, 1.807) is 0 Å². The number of aryl methyl sites for hydroxylation is 1. The maximum atomic E-state index is 11.9. The Bertz CT molecular complexity index is 523. The first-order valence-corrected chi connectivity index (χ1v) is 7.77. The first kappa shape index (κ1) is 12.4. The molecule has 3 rings (SSSR count). The molecule has 1 heterocycles. The smallest absolute Gasteiger partial charge is 0.225 e. The molecule has 2 N–H and O–H groups in total. The van der Waals surface area contributed by atoms with Crippen molar-refractivity contribution >= 4 is 29.5 Å². The van der Waals surface area contributed by atoms with Crippen LogP contribution >= 0.6 is 23.6 Å². The topological polar surface area (TPSA) is 44.9 Å². The van der Waals surface area contributed by atoms with Gasteiger partial charge in [-0.3, -0.25) is 4.79 Å². The summed E-state index contributed by atoms with van der Waals surface area (Å²) in [5.74, 6) is 1.03. The van der Waals surface area contributed by atoms with Crippen molar-refractivity contribution in [1.82, 2.24) is 10.3 Å². The molecule has 0 unspecified atom stereocenters. The number of aromatic nitrogens is 1. The van der Waals surface area contributed by atoms with Gasteiger partial charge in [0.2, 0.25) is 5.91 Å². The molecule has 1 amide bonds. The third kappa shape index (κ3) is 2.52. The Labute approximate surface area is 116 Å². The van der Waals surface area contributed by atoms with Crippen molar-refractivity contribution in [3.8, 4) is 0 Å². The summed E-state index contributed by atoms with van der Waals surface area (Å²) in [6, 6.07) is 0. The normalized spacial score (nSPS) is 20.7. The summed E-state index contributed by atoms with van der Waals surface area (Å²) in [7, 11) is 0. The van der Waals surface area contributed by atoms with Gasteiger partial charge in [0, 0.05) is 17.1 Å². The van der Waals surface area contributed by atoms with E-state index in [-0.39, 0.29) is 5.91 Å². The molecule has 0 aromatic carbocycles. The van der Waals surface area contributed by atoms with Crippen LogP contribution in [-0.2, 0) is 11.2 Å². The Morgan fingerprint density at radius 1 is 1.56 bits per heavy atom. The number of thiazole rings is 1. The fourth-order valence-corrected chi connectivity index (χ4v) is 3.96. The zero-order valence-electron chi connectivity index (χ0n) is 10.5. The van der Waals surface area contributed by atoms with E-state index in [2.05, 4.69) is 10.3 Å². The third-order valence-corrected chi connectivity index (χ3v) is 5.55. The minimum absolute atomic E-state index is 0.135. The molecule has 18 heavy (non-hydrogen) atoms. The zero-order valence-corrected chi connectivity index (χ0v) is 12.2. The second-order valence-corrected chi connectivity index (χ2v) is 7.42. The summed E-state index contributed by atoms with van der Waals surface area (Å²) in [5, 5.41) is 3.11. The van der Waals surface area contributed by atoms with Gasteiger partial charge in [-0.25, -0.2) is 0 Å². The summed E-state index contributed by atoms with van der Waals surface area (Å²) in [4.78, 5) is 16.1. The second kappa shape index (κ2) is 4.46. The summed E-state index contributed by atoms with van der Waals surface area (Å²) in [6.07, 6.45) is 5.81. The molecule has 0 saturated heterocycles. The summed E-state index contributed by atoms with van der Waals surface area (Å²) >= 11 is 6.59. The number of H-pyrrole nitrogens is 1. The van der Waals surface area contributed by atoms with E-state index in [4.69, 9.17) is 12.2 Å². The molecule has 2 fully saturated rings. The van der Waals surface area contributed by atoms with Crippen LogP contribution in [0.1, 0.15) is 36.3 Å². The number of carbonyl (C=O) groups is 1. The van der Waals surface area contributed by atoms with Gasteiger partial charge in [0.05, 0.1) is 6.42 Å². The average molecular weight is 282 g/mol. The number of nitrogens with one attached hydrogen (secondary N) is 2. The van der Waals surface area contributed by atoms with Gasteiger partial charge in [0.1, 0.15) is 0 Å². The summed E-state index contributed by atoms with van der Waals surface area (Å²) < 4.78 is 0.756. The number of hydrogen-bond donors (Lipinski definition) is 2. The van der Waals surface area contributed by atoms with Crippen molar-refractivity contribution in [2.45, 2.75) is 39.0 Å². The molecule has 2 saturated carbocycles. The van der Waals surface area contributed by atoms with Gasteiger partial charge < -0.3 is 10.3 Å². The highest BCUT2D eigenvalue weighted by Crippen LogP contribution is 2.60. The summed E-state index contributed by atoms with van der Waals surface area (Å²) in [5.41, 5.74) is 1.51.